The van der Waals surface area contributed by atoms with Gasteiger partial charge in [-0.15, -0.1) is 0 Å². The second-order valence-electron chi connectivity index (χ2n) is 8.65. The van der Waals surface area contributed by atoms with Crippen LogP contribution in [-0.2, 0) is 11.8 Å². The Hall–Kier alpha value is -3.55. The Balaban J connectivity index is 2.08. The summed E-state index contributed by atoms with van der Waals surface area (Å²) in [5, 5.41) is 9.95. The van der Waals surface area contributed by atoms with Crippen molar-refractivity contribution in [2.75, 3.05) is 0 Å². The summed E-state index contributed by atoms with van der Waals surface area (Å²) in [5.74, 6) is -3.21. The third-order valence-electron chi connectivity index (χ3n) is 5.76. The molecular weight excluding hydrogens is 533 g/mol. The molecule has 1 atom stereocenters. The van der Waals surface area contributed by atoms with E-state index in [2.05, 4.69) is 15.0 Å². The number of aromatic amines is 1. The van der Waals surface area contributed by atoms with Crippen molar-refractivity contribution in [2.24, 2.45) is 0 Å². The average molecular weight is 552 g/mol. The summed E-state index contributed by atoms with van der Waals surface area (Å²) in [7, 11) is 0. The van der Waals surface area contributed by atoms with Gasteiger partial charge in [0.25, 0.3) is 5.60 Å². The Morgan fingerprint density at radius 3 is 2.00 bits per heavy atom. The molecule has 1 aromatic carbocycles. The van der Waals surface area contributed by atoms with E-state index < -0.39 is 59.2 Å². The van der Waals surface area contributed by atoms with E-state index in [1.165, 1.54) is 25.3 Å². The number of benzene rings is 1. The second-order valence-corrected chi connectivity index (χ2v) is 8.65. The molecule has 3 rings (SSSR count). The number of hydrogen-bond acceptors (Lipinski definition) is 4. The molecule has 2 heterocycles. The predicted octanol–water partition coefficient (Wildman–Crippen LogP) is 5.97. The number of rotatable bonds is 6. The van der Waals surface area contributed by atoms with Gasteiger partial charge in [0.2, 0.25) is 11.5 Å². The molecule has 0 aliphatic heterocycles. The molecule has 0 aliphatic rings. The number of Topliss-reactive ketones (excluding diaryl/α,β-unsaturated/α-hetero) is 1. The molecule has 0 bridgehead atoms. The highest BCUT2D eigenvalue weighted by Crippen LogP contribution is 2.50. The summed E-state index contributed by atoms with van der Waals surface area (Å²) in [6, 6.07) is 4.72. The van der Waals surface area contributed by atoms with E-state index >= 15 is 0 Å². The topological polar surface area (TPSA) is 77.2 Å². The summed E-state index contributed by atoms with van der Waals surface area (Å²) in [6.07, 6.45) is -14.6. The van der Waals surface area contributed by atoms with E-state index in [1.54, 1.807) is 6.92 Å². The van der Waals surface area contributed by atoms with Crippen molar-refractivity contribution >= 4 is 5.78 Å². The van der Waals surface area contributed by atoms with Crippen LogP contribution in [0.3, 0.4) is 0 Å². The zero-order valence-electron chi connectivity index (χ0n) is 19.6. The van der Waals surface area contributed by atoms with Crippen LogP contribution in [0.2, 0.25) is 0 Å². The van der Waals surface area contributed by atoms with Crippen molar-refractivity contribution in [3.63, 3.8) is 0 Å². The van der Waals surface area contributed by atoms with Gasteiger partial charge in [-0.2, -0.15) is 39.5 Å². The van der Waals surface area contributed by atoms with E-state index in [1.807, 2.05) is 0 Å². The standard InChI is InChI=1S/C24H18F9N3O2/c1-12-3-4-18(34-9-12)14-6-15(8-17(7-14)21(38,23(28,29)30)24(31,32)33)19(37)5-13(2)16-10-35-20(36-11-16)22(25,26)27/h3-4,6-11,13,38H,5H2,1-2H3/p+1/t13-/m0/s1. The van der Waals surface area contributed by atoms with E-state index in [0.29, 0.717) is 17.7 Å². The number of halogens is 9. The second kappa shape index (κ2) is 9.97. The Morgan fingerprint density at radius 1 is 0.947 bits per heavy atom. The fourth-order valence-corrected chi connectivity index (χ4v) is 3.58. The first kappa shape index (κ1) is 29.0. The fourth-order valence-electron chi connectivity index (χ4n) is 3.58. The maximum absolute atomic E-state index is 13.6. The Bertz CT molecular complexity index is 1290. The van der Waals surface area contributed by atoms with Crippen molar-refractivity contribution in [3.05, 3.63) is 77.0 Å². The number of alkyl halides is 9. The first-order valence-corrected chi connectivity index (χ1v) is 10.8. The summed E-state index contributed by atoms with van der Waals surface area (Å²) in [4.78, 5) is 22.0. The fraction of sp³-hybridized carbons (Fsp3) is 0.333. The summed E-state index contributed by atoms with van der Waals surface area (Å²) >= 11 is 0. The van der Waals surface area contributed by atoms with E-state index in [0.717, 1.165) is 18.5 Å². The number of aromatic nitrogens is 3. The van der Waals surface area contributed by atoms with Gasteiger partial charge in [0.1, 0.15) is 0 Å². The number of pyridine rings is 1. The zero-order chi connectivity index (χ0) is 28.7. The largest absolute Gasteiger partial charge is 0.451 e. The quantitative estimate of drug-likeness (QED) is 0.302. The molecule has 0 radical (unpaired) electrons. The minimum absolute atomic E-state index is 0.0578. The number of aryl methyl sites for hydroxylation is 1. The van der Waals surface area contributed by atoms with Crippen LogP contribution < -0.4 is 4.98 Å². The monoisotopic (exact) mass is 552 g/mol. The zero-order valence-corrected chi connectivity index (χ0v) is 19.6. The molecule has 0 spiro atoms. The van der Waals surface area contributed by atoms with Crippen LogP contribution in [0.4, 0.5) is 39.5 Å². The number of H-pyrrole nitrogens is 1. The van der Waals surface area contributed by atoms with Gasteiger partial charge in [-0.3, -0.25) is 4.79 Å². The molecule has 5 nitrogen and oxygen atoms in total. The number of nitrogens with zero attached hydrogens (tertiary/aromatic N) is 2. The van der Waals surface area contributed by atoms with Crippen molar-refractivity contribution in [1.82, 2.24) is 9.97 Å². The summed E-state index contributed by atoms with van der Waals surface area (Å²) < 4.78 is 120. The van der Waals surface area contributed by atoms with Gasteiger partial charge in [-0.05, 0) is 42.7 Å². The molecule has 38 heavy (non-hydrogen) atoms. The van der Waals surface area contributed by atoms with Gasteiger partial charge in [0.05, 0.1) is 0 Å². The molecular formula is C24H19F9N3O2+. The predicted molar refractivity (Wildman–Crippen MR) is 114 cm³/mol. The summed E-state index contributed by atoms with van der Waals surface area (Å²) in [5.41, 5.74) is -6.92. The van der Waals surface area contributed by atoms with Gasteiger partial charge < -0.3 is 5.11 Å². The molecule has 0 unspecified atom stereocenters. The van der Waals surface area contributed by atoms with Gasteiger partial charge in [-0.1, -0.05) is 6.92 Å². The van der Waals surface area contributed by atoms with Crippen LogP contribution >= 0.6 is 0 Å². The molecule has 0 amide bonds. The maximum atomic E-state index is 13.6. The van der Waals surface area contributed by atoms with E-state index in [4.69, 9.17) is 0 Å². The van der Waals surface area contributed by atoms with Crippen LogP contribution in [0.5, 0.6) is 0 Å². The number of carbonyl (C=O) groups excluding carboxylic acids is 1. The molecule has 14 heteroatoms. The smallest absolute Gasteiger partial charge is 0.369 e. The van der Waals surface area contributed by atoms with E-state index in [9.17, 15) is 49.4 Å². The molecule has 0 saturated heterocycles. The number of aliphatic hydroxyl groups is 1. The lowest BCUT2D eigenvalue weighted by atomic mass is 9.86. The molecule has 0 aliphatic carbocycles. The maximum Gasteiger partial charge on any atom is 0.451 e. The molecule has 204 valence electrons. The summed E-state index contributed by atoms with van der Waals surface area (Å²) in [6.45, 7) is 3.06. The van der Waals surface area contributed by atoms with Gasteiger partial charge in [0, 0.05) is 47.1 Å². The van der Waals surface area contributed by atoms with Gasteiger partial charge in [-0.25, -0.2) is 15.0 Å². The highest BCUT2D eigenvalue weighted by Gasteiger charge is 2.71. The molecule has 0 saturated carbocycles. The SMILES string of the molecule is Cc1ccc(-c2cc(C(=O)C[C@H](C)c3cnc(C(F)(F)F)nc3)cc(C(O)(C(F)(F)F)C(F)(F)F)c2)[nH+]c1. The third kappa shape index (κ3) is 5.79. The minimum Gasteiger partial charge on any atom is -0.369 e. The Kier molecular flexibility index (Phi) is 7.61. The Labute approximate surface area is 209 Å². The normalized spacial score (nSPS) is 13.9. The number of ketones is 1. The third-order valence-corrected chi connectivity index (χ3v) is 5.76. The highest BCUT2D eigenvalue weighted by molar-refractivity contribution is 5.97. The first-order chi connectivity index (χ1) is 17.3. The van der Waals surface area contributed by atoms with Crippen LogP contribution in [0.15, 0.2) is 48.9 Å². The number of hydrogen-bond donors (Lipinski definition) is 1. The van der Waals surface area contributed by atoms with Crippen molar-refractivity contribution < 1.29 is 54.4 Å². The lowest BCUT2D eigenvalue weighted by Gasteiger charge is -2.33. The average Bonchev–Trinajstić information content (AvgIpc) is 2.81. The van der Waals surface area contributed by atoms with Crippen molar-refractivity contribution in [1.29, 1.82) is 0 Å². The van der Waals surface area contributed by atoms with Crippen molar-refractivity contribution in [2.45, 2.75) is 50.3 Å². The Morgan fingerprint density at radius 2 is 1.53 bits per heavy atom. The van der Waals surface area contributed by atoms with Crippen LogP contribution in [0.1, 0.15) is 52.1 Å². The van der Waals surface area contributed by atoms with Gasteiger partial charge in [0.15, 0.2) is 12.0 Å². The number of nitrogens with one attached hydrogen (secondary N) is 1. The molecule has 2 aromatic heterocycles. The van der Waals surface area contributed by atoms with E-state index in [-0.39, 0.29) is 16.8 Å². The molecule has 0 fully saturated rings. The van der Waals surface area contributed by atoms with Crippen molar-refractivity contribution in [3.8, 4) is 11.3 Å². The minimum atomic E-state index is -6.19. The molecule has 2 N–H and O–H groups in total. The number of carbonyl (C=O) groups is 1. The lowest BCUT2D eigenvalue weighted by molar-refractivity contribution is -0.376. The highest BCUT2D eigenvalue weighted by atomic mass is 19.4. The first-order valence-electron chi connectivity index (χ1n) is 10.8. The lowest BCUT2D eigenvalue weighted by Crippen LogP contribution is -2.54. The van der Waals surface area contributed by atoms with Crippen LogP contribution in [0, 0.1) is 6.92 Å². The van der Waals surface area contributed by atoms with Crippen LogP contribution in [0.25, 0.3) is 11.3 Å². The van der Waals surface area contributed by atoms with Crippen LogP contribution in [-0.4, -0.2) is 33.2 Å². The van der Waals surface area contributed by atoms with Gasteiger partial charge >= 0.3 is 18.5 Å². The molecule has 3 aromatic rings.